The first-order valence-corrected chi connectivity index (χ1v) is 14.1. The Bertz CT molecular complexity index is 1650. The van der Waals surface area contributed by atoms with Gasteiger partial charge in [-0.25, -0.2) is 14.0 Å². The Hall–Kier alpha value is -4.13. The van der Waals surface area contributed by atoms with Crippen LogP contribution in [0.1, 0.15) is 67.0 Å². The van der Waals surface area contributed by atoms with E-state index in [1.54, 1.807) is 32.9 Å². The predicted octanol–water partition coefficient (Wildman–Crippen LogP) is 6.24. The lowest BCUT2D eigenvalue weighted by molar-refractivity contribution is -0.158. The summed E-state index contributed by atoms with van der Waals surface area (Å²) in [7, 11) is 0. The molecule has 2 aliphatic heterocycles. The molecule has 218 valence electrons. The second kappa shape index (κ2) is 10.9. The summed E-state index contributed by atoms with van der Waals surface area (Å²) in [5.74, 6) is 0.0456. The van der Waals surface area contributed by atoms with Gasteiger partial charge in [-0.3, -0.25) is 4.79 Å². The Kier molecular flexibility index (Phi) is 7.64. The highest BCUT2D eigenvalue weighted by atomic mass is 35.5. The number of piperidine rings is 1. The van der Waals surface area contributed by atoms with E-state index >= 15 is 4.39 Å². The summed E-state index contributed by atoms with van der Waals surface area (Å²) in [4.78, 5) is 39.1. The molecular formula is C33H32ClFN2O5. The number of fused-ring (bicyclic) bond motifs is 2. The standard InChI is InChI=1S/C33H32ClFN2O5/c1-6-41-31(40)32(4,5)42-27-12-10-21(35)15-23(27)25-16-29(39)37-30(22-13-18(2)7-8-19(22)3)33(25)24-11-9-20(34)14-26(24)36-28(33)17-38/h7-15,25,30,36H,6,16H2,1-5H3,(H,37,39)/t25?,30?,33-/m0/s1. The van der Waals surface area contributed by atoms with Crippen LogP contribution in [-0.2, 0) is 24.5 Å². The van der Waals surface area contributed by atoms with Gasteiger partial charge in [-0.05, 0) is 81.6 Å². The molecule has 1 saturated heterocycles. The average Bonchev–Trinajstić information content (AvgIpc) is 3.25. The van der Waals surface area contributed by atoms with E-state index in [-0.39, 0.29) is 30.4 Å². The highest BCUT2D eigenvalue weighted by molar-refractivity contribution is 6.31. The number of hydrogen-bond acceptors (Lipinski definition) is 6. The normalized spacial score (nSPS) is 21.3. The predicted molar refractivity (Wildman–Crippen MR) is 158 cm³/mol. The van der Waals surface area contributed by atoms with Crippen LogP contribution in [0.25, 0.3) is 0 Å². The van der Waals surface area contributed by atoms with Gasteiger partial charge in [0.2, 0.25) is 5.91 Å². The molecule has 1 spiro atoms. The van der Waals surface area contributed by atoms with Crippen LogP contribution < -0.4 is 15.4 Å². The number of carbonyl (C=O) groups excluding carboxylic acids is 3. The van der Waals surface area contributed by atoms with Gasteiger partial charge in [0, 0.05) is 28.6 Å². The maximum Gasteiger partial charge on any atom is 0.349 e. The van der Waals surface area contributed by atoms with E-state index < -0.39 is 34.8 Å². The first-order chi connectivity index (χ1) is 19.9. The van der Waals surface area contributed by atoms with Crippen molar-refractivity contribution in [2.75, 3.05) is 11.9 Å². The van der Waals surface area contributed by atoms with Crippen molar-refractivity contribution in [1.82, 2.24) is 5.32 Å². The molecule has 1 amide bonds. The average molecular weight is 591 g/mol. The van der Waals surface area contributed by atoms with Crippen LogP contribution in [0.5, 0.6) is 5.75 Å². The molecule has 0 saturated carbocycles. The third kappa shape index (κ3) is 4.85. The molecule has 1 fully saturated rings. The van der Waals surface area contributed by atoms with Crippen LogP contribution in [0.2, 0.25) is 5.02 Å². The summed E-state index contributed by atoms with van der Waals surface area (Å²) in [5, 5.41) is 6.80. The highest BCUT2D eigenvalue weighted by Crippen LogP contribution is 2.62. The van der Waals surface area contributed by atoms with E-state index in [1.165, 1.54) is 18.2 Å². The van der Waals surface area contributed by atoms with Crippen molar-refractivity contribution in [3.05, 3.63) is 99.0 Å². The smallest absolute Gasteiger partial charge is 0.349 e. The Balaban J connectivity index is 1.82. The quantitative estimate of drug-likeness (QED) is 0.261. The molecule has 0 radical (unpaired) electrons. The number of benzene rings is 3. The van der Waals surface area contributed by atoms with Gasteiger partial charge in [-0.1, -0.05) is 41.4 Å². The molecular weight excluding hydrogens is 559 g/mol. The topological polar surface area (TPSA) is 93.7 Å². The van der Waals surface area contributed by atoms with Crippen LogP contribution in [0.3, 0.4) is 0 Å². The van der Waals surface area contributed by atoms with Crippen molar-refractivity contribution >= 4 is 35.1 Å². The summed E-state index contributed by atoms with van der Waals surface area (Å²) < 4.78 is 26.5. The van der Waals surface area contributed by atoms with E-state index in [2.05, 4.69) is 16.6 Å². The fourth-order valence-corrected chi connectivity index (χ4v) is 6.43. The third-order valence-electron chi connectivity index (χ3n) is 8.13. The maximum atomic E-state index is 15.1. The molecule has 0 aliphatic carbocycles. The fourth-order valence-electron chi connectivity index (χ4n) is 6.26. The SMILES string of the molecule is CCOC(=O)C(C)(C)Oc1ccc(F)cc1C1CC(=O)NC(c2cc(C)ccc2C)[C@]12C(=C=O)Nc1cc(Cl)ccc12. The fraction of sp³-hybridized carbons (Fsp3) is 0.333. The van der Waals surface area contributed by atoms with Gasteiger partial charge in [0.15, 0.2) is 5.60 Å². The van der Waals surface area contributed by atoms with Crippen LogP contribution in [0.15, 0.2) is 60.3 Å². The second-order valence-corrected chi connectivity index (χ2v) is 11.7. The Morgan fingerprint density at radius 3 is 2.60 bits per heavy atom. The lowest BCUT2D eigenvalue weighted by Gasteiger charge is -2.48. The molecule has 2 heterocycles. The van der Waals surface area contributed by atoms with Crippen LogP contribution in [-0.4, -0.2) is 30.0 Å². The van der Waals surface area contributed by atoms with Gasteiger partial charge < -0.3 is 20.1 Å². The van der Waals surface area contributed by atoms with Crippen molar-refractivity contribution in [1.29, 1.82) is 0 Å². The highest BCUT2D eigenvalue weighted by Gasteiger charge is 2.60. The number of halogens is 2. The van der Waals surface area contributed by atoms with Crippen molar-refractivity contribution < 1.29 is 28.2 Å². The largest absolute Gasteiger partial charge is 0.476 e. The van der Waals surface area contributed by atoms with Crippen molar-refractivity contribution in [2.24, 2.45) is 0 Å². The minimum Gasteiger partial charge on any atom is -0.476 e. The van der Waals surface area contributed by atoms with Crippen LogP contribution in [0, 0.1) is 19.7 Å². The first-order valence-electron chi connectivity index (χ1n) is 13.8. The van der Waals surface area contributed by atoms with E-state index in [9.17, 15) is 14.4 Å². The van der Waals surface area contributed by atoms with Crippen molar-refractivity contribution in [3.63, 3.8) is 0 Å². The molecule has 2 N–H and O–H groups in total. The first kappa shape index (κ1) is 29.4. The van der Waals surface area contributed by atoms with Gasteiger partial charge in [-0.2, -0.15) is 0 Å². The lowest BCUT2D eigenvalue weighted by Crippen LogP contribution is -2.54. The van der Waals surface area contributed by atoms with Gasteiger partial charge >= 0.3 is 5.97 Å². The molecule has 9 heteroatoms. The summed E-state index contributed by atoms with van der Waals surface area (Å²) >= 11 is 6.36. The van der Waals surface area contributed by atoms with E-state index in [1.807, 2.05) is 38.1 Å². The van der Waals surface area contributed by atoms with E-state index in [4.69, 9.17) is 21.1 Å². The number of amides is 1. The summed E-state index contributed by atoms with van der Waals surface area (Å²) in [6.45, 7) is 8.86. The molecule has 2 aliphatic rings. The van der Waals surface area contributed by atoms with Crippen molar-refractivity contribution in [3.8, 4) is 5.75 Å². The molecule has 0 aromatic heterocycles. The van der Waals surface area contributed by atoms with Crippen LogP contribution in [0.4, 0.5) is 10.1 Å². The van der Waals surface area contributed by atoms with Gasteiger partial charge in [0.1, 0.15) is 23.2 Å². The monoisotopic (exact) mass is 590 g/mol. The van der Waals surface area contributed by atoms with Crippen LogP contribution >= 0.6 is 11.6 Å². The summed E-state index contributed by atoms with van der Waals surface area (Å²) in [6, 6.07) is 14.4. The Labute approximate surface area is 249 Å². The minimum atomic E-state index is -1.43. The minimum absolute atomic E-state index is 0.101. The summed E-state index contributed by atoms with van der Waals surface area (Å²) in [6.07, 6.45) is -0.101. The lowest BCUT2D eigenvalue weighted by atomic mass is 9.58. The summed E-state index contributed by atoms with van der Waals surface area (Å²) in [5.41, 5.74) is 1.77. The van der Waals surface area contributed by atoms with E-state index in [0.717, 1.165) is 16.7 Å². The number of ether oxygens (including phenoxy) is 2. The second-order valence-electron chi connectivity index (χ2n) is 11.3. The molecule has 3 aromatic carbocycles. The van der Waals surface area contributed by atoms with Gasteiger partial charge in [-0.15, -0.1) is 0 Å². The zero-order chi connectivity index (χ0) is 30.4. The number of aryl methyl sites for hydroxylation is 2. The number of esters is 1. The molecule has 3 atom stereocenters. The Morgan fingerprint density at radius 2 is 1.88 bits per heavy atom. The molecule has 2 unspecified atom stereocenters. The van der Waals surface area contributed by atoms with Gasteiger partial charge in [0.25, 0.3) is 0 Å². The molecule has 7 nitrogen and oxygen atoms in total. The number of anilines is 1. The Morgan fingerprint density at radius 1 is 1.12 bits per heavy atom. The molecule has 5 rings (SSSR count). The van der Waals surface area contributed by atoms with Gasteiger partial charge in [0.05, 0.1) is 18.1 Å². The van der Waals surface area contributed by atoms with Crippen molar-refractivity contribution in [2.45, 2.75) is 64.0 Å². The maximum absolute atomic E-state index is 15.1. The third-order valence-corrected chi connectivity index (χ3v) is 8.36. The number of rotatable bonds is 6. The number of nitrogens with one attached hydrogen (secondary N) is 2. The van der Waals surface area contributed by atoms with E-state index in [0.29, 0.717) is 21.8 Å². The zero-order valence-electron chi connectivity index (χ0n) is 24.1. The molecule has 3 aromatic rings. The zero-order valence-corrected chi connectivity index (χ0v) is 24.8. The number of hydrogen-bond donors (Lipinski definition) is 2. The number of carbonyl (C=O) groups is 2. The molecule has 0 bridgehead atoms. The molecule has 42 heavy (non-hydrogen) atoms.